The Labute approximate surface area is 158 Å². The molecule has 0 aliphatic heterocycles. The predicted octanol–water partition coefficient (Wildman–Crippen LogP) is 6.17. The Balaban J connectivity index is 0.000000431. The van der Waals surface area contributed by atoms with Gasteiger partial charge in [0.1, 0.15) is 0 Å². The first kappa shape index (κ1) is 20.3. The number of thiocarbonyl (C=S) groups is 1. The second kappa shape index (κ2) is 9.59. The zero-order chi connectivity index (χ0) is 19.0. The Morgan fingerprint density at radius 2 is 1.31 bits per heavy atom. The number of benzene rings is 2. The van der Waals surface area contributed by atoms with E-state index < -0.39 is 18.4 Å². The maximum atomic E-state index is 9.75. The molecule has 0 saturated carbocycles. The number of halogens is 4. The van der Waals surface area contributed by atoms with Crippen molar-refractivity contribution in [3.05, 3.63) is 84.7 Å². The van der Waals surface area contributed by atoms with E-state index in [1.54, 1.807) is 0 Å². The first-order valence-corrected chi connectivity index (χ1v) is 9.20. The molecular weight excluding hydrogens is 383 g/mol. The van der Waals surface area contributed by atoms with Gasteiger partial charge >= 0.3 is 7.25 Å². The Hall–Kier alpha value is -2.06. The lowest BCUT2D eigenvalue weighted by atomic mass is 10.2. The van der Waals surface area contributed by atoms with Gasteiger partial charge in [-0.05, 0) is 30.3 Å². The predicted molar refractivity (Wildman–Crippen MR) is 102 cm³/mol. The van der Waals surface area contributed by atoms with Gasteiger partial charge in [-0.25, -0.2) is 0 Å². The molecule has 8 heteroatoms. The van der Waals surface area contributed by atoms with Gasteiger partial charge in [-0.15, -0.1) is 0 Å². The van der Waals surface area contributed by atoms with Crippen LogP contribution in [-0.2, 0) is 15.4 Å². The summed E-state index contributed by atoms with van der Waals surface area (Å²) in [4.78, 5) is 3.17. The van der Waals surface area contributed by atoms with Crippen LogP contribution in [-0.4, -0.2) is 12.1 Å². The van der Waals surface area contributed by atoms with Crippen molar-refractivity contribution in [3.63, 3.8) is 0 Å². The third-order valence-corrected chi connectivity index (χ3v) is 5.16. The summed E-state index contributed by atoms with van der Waals surface area (Å²) < 4.78 is 45.3. The molecule has 0 saturated heterocycles. The zero-order valence-electron chi connectivity index (χ0n) is 13.5. The number of hydrogen-bond donors (Lipinski definition) is 0. The smallest absolute Gasteiger partial charge is 0.418 e. The molecule has 136 valence electrons. The largest absolute Gasteiger partial charge is 0.673 e. The molecular formula is C18H15BF4OS2. The van der Waals surface area contributed by atoms with Gasteiger partial charge in [0.05, 0.1) is 4.86 Å². The maximum Gasteiger partial charge on any atom is 0.673 e. The van der Waals surface area contributed by atoms with E-state index >= 15 is 0 Å². The molecule has 0 heterocycles. The summed E-state index contributed by atoms with van der Waals surface area (Å²) in [6.07, 6.45) is 6.79. The van der Waals surface area contributed by atoms with Crippen LogP contribution >= 0.6 is 12.2 Å². The molecule has 3 rings (SSSR count). The van der Waals surface area contributed by atoms with E-state index in [9.17, 15) is 17.3 Å². The van der Waals surface area contributed by atoms with Gasteiger partial charge in [-0.1, -0.05) is 60.8 Å². The third kappa shape index (κ3) is 7.05. The highest BCUT2D eigenvalue weighted by Crippen LogP contribution is 2.28. The topological polar surface area (TPSA) is 9.23 Å². The van der Waals surface area contributed by atoms with Crippen LogP contribution in [0.2, 0.25) is 0 Å². The highest BCUT2D eigenvalue weighted by molar-refractivity contribution is 7.92. The van der Waals surface area contributed by atoms with E-state index in [1.807, 2.05) is 48.6 Å². The molecule has 0 spiro atoms. The van der Waals surface area contributed by atoms with Gasteiger partial charge in [0, 0.05) is 6.42 Å². The van der Waals surface area contributed by atoms with Crippen molar-refractivity contribution < 1.29 is 21.4 Å². The van der Waals surface area contributed by atoms with Crippen molar-refractivity contribution in [3.8, 4) is 0 Å². The fourth-order valence-corrected chi connectivity index (χ4v) is 3.88. The Morgan fingerprint density at radius 1 is 0.846 bits per heavy atom. The van der Waals surface area contributed by atoms with E-state index in [0.29, 0.717) is 0 Å². The molecule has 2 aromatic rings. The lowest BCUT2D eigenvalue weighted by Crippen LogP contribution is -2.13. The second-order valence-electron chi connectivity index (χ2n) is 5.06. The molecule has 0 N–H and O–H groups in total. The quantitative estimate of drug-likeness (QED) is 0.264. The molecule has 0 radical (unpaired) electrons. The van der Waals surface area contributed by atoms with Crippen LogP contribution < -0.4 is 0 Å². The fraction of sp³-hybridized carbons (Fsp3) is 0.0556. The normalized spacial score (nSPS) is 13.7. The average molecular weight is 398 g/mol. The van der Waals surface area contributed by atoms with Crippen LogP contribution in [0.15, 0.2) is 94.4 Å². The van der Waals surface area contributed by atoms with Gasteiger partial charge in [-0.3, -0.25) is 4.18 Å². The summed E-state index contributed by atoms with van der Waals surface area (Å²) in [6.45, 7) is 0. The maximum absolute atomic E-state index is 9.75. The molecule has 0 fully saturated rings. The molecule has 2 aromatic carbocycles. The van der Waals surface area contributed by atoms with Crippen molar-refractivity contribution in [1.29, 1.82) is 0 Å². The van der Waals surface area contributed by atoms with Crippen molar-refractivity contribution in [1.82, 2.24) is 0 Å². The zero-order valence-corrected chi connectivity index (χ0v) is 15.2. The van der Waals surface area contributed by atoms with Crippen molar-refractivity contribution in [2.45, 2.75) is 16.2 Å². The summed E-state index contributed by atoms with van der Waals surface area (Å²) in [5, 5.41) is 0. The summed E-state index contributed by atoms with van der Waals surface area (Å²) in [6, 6.07) is 20.6. The molecule has 1 aliphatic rings. The van der Waals surface area contributed by atoms with E-state index in [0.717, 1.165) is 26.8 Å². The molecule has 1 aliphatic carbocycles. The fourth-order valence-electron chi connectivity index (χ4n) is 2.01. The van der Waals surface area contributed by atoms with Crippen molar-refractivity contribution >= 4 is 35.5 Å². The van der Waals surface area contributed by atoms with Crippen LogP contribution in [0.5, 0.6) is 0 Å². The van der Waals surface area contributed by atoms with Gasteiger partial charge < -0.3 is 17.3 Å². The minimum absolute atomic E-state index is 0.459. The Kier molecular flexibility index (Phi) is 7.47. The molecule has 0 aromatic heterocycles. The van der Waals surface area contributed by atoms with Crippen molar-refractivity contribution in [2.24, 2.45) is 0 Å². The number of rotatable bonds is 4. The monoisotopic (exact) mass is 398 g/mol. The van der Waals surface area contributed by atoms with Gasteiger partial charge in [0.25, 0.3) is 11.2 Å². The number of allylic oxidation sites excluding steroid dienone is 4. The van der Waals surface area contributed by atoms with E-state index in [4.69, 9.17) is 16.4 Å². The molecule has 0 atom stereocenters. The van der Waals surface area contributed by atoms with Crippen LogP contribution in [0, 0.1) is 0 Å². The van der Waals surface area contributed by atoms with Gasteiger partial charge in [0.2, 0.25) is 15.6 Å². The highest BCUT2D eigenvalue weighted by Gasteiger charge is 2.31. The lowest BCUT2D eigenvalue weighted by molar-refractivity contribution is 0.368. The first-order valence-electron chi connectivity index (χ1n) is 7.64. The van der Waals surface area contributed by atoms with Crippen molar-refractivity contribution in [2.75, 3.05) is 0 Å². The van der Waals surface area contributed by atoms with Gasteiger partial charge in [-0.2, -0.15) is 0 Å². The van der Waals surface area contributed by atoms with E-state index in [1.165, 1.54) is 0 Å². The lowest BCUT2D eigenvalue weighted by Gasteiger charge is -2.11. The summed E-state index contributed by atoms with van der Waals surface area (Å²) >= 11 is 4.95. The molecule has 0 bridgehead atoms. The van der Waals surface area contributed by atoms with Crippen LogP contribution in [0.1, 0.15) is 6.42 Å². The average Bonchev–Trinajstić information content (AvgIpc) is 2.61. The minimum atomic E-state index is -6.00. The Morgan fingerprint density at radius 3 is 1.73 bits per heavy atom. The molecule has 26 heavy (non-hydrogen) atoms. The van der Waals surface area contributed by atoms with Gasteiger partial charge in [0.15, 0.2) is 0 Å². The highest BCUT2D eigenvalue weighted by atomic mass is 32.2. The molecule has 0 amide bonds. The van der Waals surface area contributed by atoms with Crippen LogP contribution in [0.25, 0.3) is 0 Å². The first-order chi connectivity index (χ1) is 12.3. The minimum Gasteiger partial charge on any atom is -0.418 e. The Bertz CT molecular complexity index is 731. The van der Waals surface area contributed by atoms with Crippen LogP contribution in [0.3, 0.4) is 0 Å². The SMILES string of the molecule is F[B-](F)(F)F.S=C1CC=CC=C1O[S+](c1ccccc1)c1ccccc1. The summed E-state index contributed by atoms with van der Waals surface area (Å²) in [7, 11) is -6.00. The second-order valence-corrected chi connectivity index (χ2v) is 7.20. The molecule has 1 nitrogen and oxygen atoms in total. The number of hydrogen-bond acceptors (Lipinski definition) is 2. The summed E-state index contributed by atoms with van der Waals surface area (Å²) in [5.74, 6) is 0.809. The standard InChI is InChI=1S/C18H15OS2.BF4/c20-18-14-8-7-13-17(18)19-21(15-9-3-1-4-10-15)16-11-5-2-6-12-16;2-1(3,4)5/h1-13H,14H2;/q+1;-1. The van der Waals surface area contributed by atoms with E-state index in [-0.39, 0.29) is 0 Å². The van der Waals surface area contributed by atoms with E-state index in [2.05, 4.69) is 30.3 Å². The summed E-state index contributed by atoms with van der Waals surface area (Å²) in [5.41, 5.74) is 0. The van der Waals surface area contributed by atoms with Crippen LogP contribution in [0.4, 0.5) is 17.3 Å². The third-order valence-electron chi connectivity index (χ3n) is 3.05. The molecule has 0 unspecified atom stereocenters.